The number of rotatable bonds is 3. The summed E-state index contributed by atoms with van der Waals surface area (Å²) in [5.74, 6) is -0.783. The SMILES string of the molecule is CC(C)(C)Nc1nc(-c2ccc3c(c2)CCN3C(=O)c2ccccc2F)cs1. The Morgan fingerprint density at radius 1 is 1.21 bits per heavy atom. The van der Waals surface area contributed by atoms with Crippen molar-refractivity contribution in [1.29, 1.82) is 0 Å². The van der Waals surface area contributed by atoms with Crippen molar-refractivity contribution in [3.05, 3.63) is 64.8 Å². The number of carbonyl (C=O) groups is 1. The van der Waals surface area contributed by atoms with E-state index >= 15 is 0 Å². The molecule has 1 amide bonds. The summed E-state index contributed by atoms with van der Waals surface area (Å²) in [6, 6.07) is 12.1. The van der Waals surface area contributed by atoms with E-state index in [0.717, 1.165) is 34.1 Å². The van der Waals surface area contributed by atoms with Gasteiger partial charge < -0.3 is 10.2 Å². The summed E-state index contributed by atoms with van der Waals surface area (Å²) in [5, 5.41) is 6.31. The first kappa shape index (κ1) is 18.6. The second-order valence-corrected chi connectivity index (χ2v) is 8.80. The molecule has 0 aliphatic carbocycles. The first-order valence-corrected chi connectivity index (χ1v) is 10.1. The lowest BCUT2D eigenvalue weighted by atomic mass is 10.1. The van der Waals surface area contributed by atoms with Gasteiger partial charge in [-0.25, -0.2) is 9.37 Å². The topological polar surface area (TPSA) is 45.2 Å². The van der Waals surface area contributed by atoms with Gasteiger partial charge in [-0.2, -0.15) is 0 Å². The number of benzene rings is 2. The third-order valence-electron chi connectivity index (χ3n) is 4.61. The van der Waals surface area contributed by atoms with Crippen LogP contribution in [0.3, 0.4) is 0 Å². The molecule has 1 N–H and O–H groups in total. The number of nitrogens with zero attached hydrogens (tertiary/aromatic N) is 2. The predicted octanol–water partition coefficient (Wildman–Crippen LogP) is 5.36. The highest BCUT2D eigenvalue weighted by atomic mass is 32.1. The number of nitrogens with one attached hydrogen (secondary N) is 1. The van der Waals surface area contributed by atoms with Crippen molar-refractivity contribution >= 4 is 28.1 Å². The minimum atomic E-state index is -0.487. The van der Waals surface area contributed by atoms with Gasteiger partial charge in [0.15, 0.2) is 5.13 Å². The summed E-state index contributed by atoms with van der Waals surface area (Å²) in [6.45, 7) is 6.86. The van der Waals surface area contributed by atoms with Gasteiger partial charge in [0, 0.05) is 28.7 Å². The Hall–Kier alpha value is -2.73. The minimum Gasteiger partial charge on any atom is -0.357 e. The van der Waals surface area contributed by atoms with Gasteiger partial charge in [0.2, 0.25) is 0 Å². The van der Waals surface area contributed by atoms with Gasteiger partial charge in [-0.1, -0.05) is 18.2 Å². The number of hydrogen-bond acceptors (Lipinski definition) is 4. The van der Waals surface area contributed by atoms with Gasteiger partial charge in [-0.05, 0) is 57.0 Å². The zero-order valence-electron chi connectivity index (χ0n) is 16.1. The van der Waals surface area contributed by atoms with Crippen molar-refractivity contribution in [2.24, 2.45) is 0 Å². The van der Waals surface area contributed by atoms with Crippen LogP contribution in [0.1, 0.15) is 36.7 Å². The average Bonchev–Trinajstić information content (AvgIpc) is 3.26. The molecule has 1 aliphatic rings. The number of anilines is 2. The summed E-state index contributed by atoms with van der Waals surface area (Å²) in [7, 11) is 0. The van der Waals surface area contributed by atoms with Gasteiger partial charge in [0.25, 0.3) is 5.91 Å². The quantitative estimate of drug-likeness (QED) is 0.649. The second-order valence-electron chi connectivity index (χ2n) is 7.94. The molecule has 0 atom stereocenters. The summed E-state index contributed by atoms with van der Waals surface area (Å²) >= 11 is 1.58. The first-order valence-electron chi connectivity index (χ1n) is 9.25. The van der Waals surface area contributed by atoms with Gasteiger partial charge in [0.05, 0.1) is 11.3 Å². The van der Waals surface area contributed by atoms with Crippen LogP contribution in [0.2, 0.25) is 0 Å². The molecule has 3 aromatic rings. The van der Waals surface area contributed by atoms with Crippen LogP contribution >= 0.6 is 11.3 Å². The van der Waals surface area contributed by atoms with Crippen LogP contribution in [-0.4, -0.2) is 23.0 Å². The molecule has 0 radical (unpaired) electrons. The highest BCUT2D eigenvalue weighted by molar-refractivity contribution is 7.14. The van der Waals surface area contributed by atoms with Crippen LogP contribution < -0.4 is 10.2 Å². The van der Waals surface area contributed by atoms with E-state index in [0.29, 0.717) is 6.54 Å². The smallest absolute Gasteiger partial charge is 0.261 e. The highest BCUT2D eigenvalue weighted by Gasteiger charge is 2.27. The monoisotopic (exact) mass is 395 g/mol. The molecule has 1 aliphatic heterocycles. The molecular formula is C22H22FN3OS. The number of thiazole rings is 1. The summed E-state index contributed by atoms with van der Waals surface area (Å²) < 4.78 is 14.0. The standard InChI is InChI=1S/C22H22FN3OS/c1-22(2,3)25-21-24-18(13-28-21)14-8-9-19-15(12-14)10-11-26(19)20(27)16-6-4-5-7-17(16)23/h4-9,12-13H,10-11H2,1-3H3,(H,24,25). The maximum atomic E-state index is 14.0. The number of fused-ring (bicyclic) bond motifs is 1. The lowest BCUT2D eigenvalue weighted by Crippen LogP contribution is -2.29. The van der Waals surface area contributed by atoms with E-state index in [1.807, 2.05) is 17.5 Å². The molecule has 6 heteroatoms. The van der Waals surface area contributed by atoms with Crippen molar-refractivity contribution in [3.8, 4) is 11.3 Å². The van der Waals surface area contributed by atoms with Crippen LogP contribution in [-0.2, 0) is 6.42 Å². The van der Waals surface area contributed by atoms with Crippen LogP contribution in [0.5, 0.6) is 0 Å². The Bertz CT molecular complexity index is 1040. The molecule has 0 fully saturated rings. The maximum absolute atomic E-state index is 14.0. The summed E-state index contributed by atoms with van der Waals surface area (Å²) in [6.07, 6.45) is 0.751. The Morgan fingerprint density at radius 2 is 2.00 bits per heavy atom. The Balaban J connectivity index is 1.59. The fraction of sp³-hybridized carbons (Fsp3) is 0.273. The zero-order chi connectivity index (χ0) is 19.9. The molecule has 2 aromatic carbocycles. The minimum absolute atomic E-state index is 0.0410. The van der Waals surface area contributed by atoms with Crippen molar-refractivity contribution in [1.82, 2.24) is 4.98 Å². The molecule has 4 rings (SSSR count). The van der Waals surface area contributed by atoms with E-state index in [1.165, 1.54) is 12.1 Å². The average molecular weight is 396 g/mol. The third-order valence-corrected chi connectivity index (χ3v) is 5.36. The van der Waals surface area contributed by atoms with Crippen molar-refractivity contribution in [2.45, 2.75) is 32.7 Å². The third kappa shape index (κ3) is 3.64. The van der Waals surface area contributed by atoms with Gasteiger partial charge in [0.1, 0.15) is 5.82 Å². The van der Waals surface area contributed by atoms with Crippen molar-refractivity contribution < 1.29 is 9.18 Å². The molecule has 28 heavy (non-hydrogen) atoms. The lowest BCUT2D eigenvalue weighted by molar-refractivity contribution is 0.0985. The van der Waals surface area contributed by atoms with E-state index in [2.05, 4.69) is 37.1 Å². The number of amides is 1. The van der Waals surface area contributed by atoms with Crippen molar-refractivity contribution in [2.75, 3.05) is 16.8 Å². The van der Waals surface area contributed by atoms with E-state index < -0.39 is 5.82 Å². The molecular weight excluding hydrogens is 373 g/mol. The largest absolute Gasteiger partial charge is 0.357 e. The molecule has 1 aromatic heterocycles. The number of carbonyl (C=O) groups excluding carboxylic acids is 1. The van der Waals surface area contributed by atoms with E-state index in [-0.39, 0.29) is 17.0 Å². The van der Waals surface area contributed by atoms with Gasteiger partial charge in [-0.3, -0.25) is 4.79 Å². The number of aromatic nitrogens is 1. The molecule has 0 bridgehead atoms. The fourth-order valence-electron chi connectivity index (χ4n) is 3.34. The lowest BCUT2D eigenvalue weighted by Gasteiger charge is -2.19. The predicted molar refractivity (Wildman–Crippen MR) is 113 cm³/mol. The molecule has 0 saturated heterocycles. The van der Waals surface area contributed by atoms with Crippen molar-refractivity contribution in [3.63, 3.8) is 0 Å². The molecule has 0 spiro atoms. The first-order chi connectivity index (χ1) is 13.3. The Morgan fingerprint density at radius 3 is 2.75 bits per heavy atom. The van der Waals surface area contributed by atoms with Crippen LogP contribution in [0, 0.1) is 5.82 Å². The normalized spacial score (nSPS) is 13.5. The summed E-state index contributed by atoms with van der Waals surface area (Å²) in [4.78, 5) is 19.1. The Kier molecular flexibility index (Phi) is 4.67. The zero-order valence-corrected chi connectivity index (χ0v) is 16.9. The highest BCUT2D eigenvalue weighted by Crippen LogP contribution is 2.34. The van der Waals surface area contributed by atoms with Crippen LogP contribution in [0.4, 0.5) is 15.2 Å². The molecule has 2 heterocycles. The number of halogens is 1. The van der Waals surface area contributed by atoms with Gasteiger partial charge in [-0.15, -0.1) is 11.3 Å². The molecule has 0 saturated carbocycles. The van der Waals surface area contributed by atoms with Gasteiger partial charge >= 0.3 is 0 Å². The number of hydrogen-bond donors (Lipinski definition) is 1. The van der Waals surface area contributed by atoms with E-state index in [9.17, 15) is 9.18 Å². The maximum Gasteiger partial charge on any atom is 0.261 e. The van der Waals surface area contributed by atoms with E-state index in [4.69, 9.17) is 0 Å². The molecule has 0 unspecified atom stereocenters. The second kappa shape index (κ2) is 7.02. The molecule has 144 valence electrons. The van der Waals surface area contributed by atoms with Crippen LogP contribution in [0.25, 0.3) is 11.3 Å². The van der Waals surface area contributed by atoms with Crippen LogP contribution in [0.15, 0.2) is 47.8 Å². The van der Waals surface area contributed by atoms with E-state index in [1.54, 1.807) is 28.4 Å². The fourth-order valence-corrected chi connectivity index (χ4v) is 4.26. The summed E-state index contributed by atoms with van der Waals surface area (Å²) in [5.41, 5.74) is 3.94. The molecule has 4 nitrogen and oxygen atoms in total. The Labute approximate surface area is 168 Å².